The van der Waals surface area contributed by atoms with Gasteiger partial charge in [0.25, 0.3) is 11.7 Å². The summed E-state index contributed by atoms with van der Waals surface area (Å²) in [4.78, 5) is 5.09. The van der Waals surface area contributed by atoms with Crippen LogP contribution in [0.3, 0.4) is 0 Å². The maximum Gasteiger partial charge on any atom is 0.279 e. The van der Waals surface area contributed by atoms with Crippen LogP contribution in [0.1, 0.15) is 36.1 Å². The first-order valence-corrected chi connectivity index (χ1v) is 16.3. The zero-order valence-corrected chi connectivity index (χ0v) is 26.5. The van der Waals surface area contributed by atoms with Gasteiger partial charge in [0.1, 0.15) is 5.69 Å². The van der Waals surface area contributed by atoms with Crippen LogP contribution in [0, 0.1) is 0 Å². The molecule has 0 N–H and O–H groups in total. The van der Waals surface area contributed by atoms with Crippen LogP contribution in [0.25, 0.3) is 44.2 Å². The summed E-state index contributed by atoms with van der Waals surface area (Å²) in [7, 11) is 0. The largest absolute Gasteiger partial charge is 0.279 e. The van der Waals surface area contributed by atoms with Crippen LogP contribution >= 0.6 is 0 Å². The highest BCUT2D eigenvalue weighted by atomic mass is 15.2. The molecule has 2 aliphatic rings. The lowest BCUT2D eigenvalue weighted by molar-refractivity contribution is -0.319. The van der Waals surface area contributed by atoms with E-state index >= 15 is 0 Å². The fourth-order valence-corrected chi connectivity index (χ4v) is 7.51. The second-order valence-corrected chi connectivity index (χ2v) is 13.0. The summed E-state index contributed by atoms with van der Waals surface area (Å²) < 4.78 is 2.29. The quantitative estimate of drug-likeness (QED) is 0.174. The Morgan fingerprint density at radius 3 is 1.79 bits per heavy atom. The van der Waals surface area contributed by atoms with Gasteiger partial charge < -0.3 is 0 Å². The molecule has 0 amide bonds. The summed E-state index contributed by atoms with van der Waals surface area (Å²) in [6.45, 7) is 4.72. The van der Waals surface area contributed by atoms with Crippen molar-refractivity contribution in [1.29, 1.82) is 0 Å². The molecule has 47 heavy (non-hydrogen) atoms. The van der Waals surface area contributed by atoms with E-state index in [1.807, 2.05) is 0 Å². The minimum absolute atomic E-state index is 0.0662. The zero-order chi connectivity index (χ0) is 31.5. The lowest BCUT2D eigenvalue weighted by atomic mass is 9.80. The van der Waals surface area contributed by atoms with Gasteiger partial charge in [-0.05, 0) is 97.7 Å². The van der Waals surface area contributed by atoms with Gasteiger partial charge in [0.15, 0.2) is 0 Å². The molecule has 0 saturated carbocycles. The Hall–Kier alpha value is -5.86. The van der Waals surface area contributed by atoms with Crippen molar-refractivity contribution in [2.75, 3.05) is 0 Å². The fourth-order valence-electron chi connectivity index (χ4n) is 7.51. The summed E-state index contributed by atoms with van der Waals surface area (Å²) in [5.74, 6) is 1.92. The SMILES string of the molecule is CC1(C)c2ccccc2-c2c1cc1ccccc1c2-c1ccc([N+]2=C(c3ccc(-c4ccccc4)cc3)N=C2c2ccccc2)cc1. The standard InChI is InChI=1S/C45H33N2/c1-45(2)39-20-12-11-19-38(39)42-40(45)29-35-17-9-10-18-37(35)41(42)32-25-27-36(28-26-32)47-43(33-15-7-4-8-16-33)46-44(47)34-23-21-31(22-24-34)30-13-5-3-6-14-30/h3-29H,1-2H3/q+1. The Morgan fingerprint density at radius 1 is 0.468 bits per heavy atom. The van der Waals surface area contributed by atoms with Crippen LogP contribution in [-0.2, 0) is 5.41 Å². The molecule has 0 unspecified atom stereocenters. The normalized spacial score (nSPS) is 14.4. The molecule has 1 heterocycles. The van der Waals surface area contributed by atoms with E-state index in [0.29, 0.717) is 0 Å². The average Bonchev–Trinajstić information content (AvgIpc) is 3.34. The zero-order valence-electron chi connectivity index (χ0n) is 26.5. The van der Waals surface area contributed by atoms with Gasteiger partial charge in [0.2, 0.25) is 0 Å². The van der Waals surface area contributed by atoms with Crippen LogP contribution in [0.15, 0.2) is 169 Å². The number of aliphatic imine (C=N–C) groups is 1. The number of nitrogens with zero attached hydrogens (tertiary/aromatic N) is 2. The van der Waals surface area contributed by atoms with Crippen molar-refractivity contribution in [3.05, 3.63) is 186 Å². The summed E-state index contributed by atoms with van der Waals surface area (Å²) in [5.41, 5.74) is 13.7. The van der Waals surface area contributed by atoms with Crippen LogP contribution in [0.2, 0.25) is 0 Å². The molecule has 0 aromatic heterocycles. The van der Waals surface area contributed by atoms with Gasteiger partial charge in [0, 0.05) is 5.41 Å². The molecule has 0 bridgehead atoms. The van der Waals surface area contributed by atoms with Gasteiger partial charge in [0.05, 0.1) is 11.1 Å². The van der Waals surface area contributed by atoms with Crippen LogP contribution in [0.4, 0.5) is 5.69 Å². The number of hydrogen-bond acceptors (Lipinski definition) is 1. The Balaban J connectivity index is 1.18. The molecular weight excluding hydrogens is 569 g/mol. The minimum Gasteiger partial charge on any atom is -0.192 e. The Morgan fingerprint density at radius 2 is 1.04 bits per heavy atom. The highest BCUT2D eigenvalue weighted by Crippen LogP contribution is 2.54. The fraction of sp³-hybridized carbons (Fsp3) is 0.0667. The third-order valence-electron chi connectivity index (χ3n) is 9.92. The van der Waals surface area contributed by atoms with Crippen molar-refractivity contribution in [3.63, 3.8) is 0 Å². The predicted molar refractivity (Wildman–Crippen MR) is 196 cm³/mol. The highest BCUT2D eigenvalue weighted by Gasteiger charge is 2.38. The smallest absolute Gasteiger partial charge is 0.192 e. The molecule has 222 valence electrons. The van der Waals surface area contributed by atoms with Crippen molar-refractivity contribution in [1.82, 2.24) is 0 Å². The van der Waals surface area contributed by atoms with Gasteiger partial charge >= 0.3 is 0 Å². The van der Waals surface area contributed by atoms with Gasteiger partial charge in [-0.15, -0.1) is 0 Å². The van der Waals surface area contributed by atoms with Crippen molar-refractivity contribution >= 4 is 28.1 Å². The molecule has 1 aliphatic heterocycles. The van der Waals surface area contributed by atoms with E-state index in [1.165, 1.54) is 55.3 Å². The molecule has 0 fully saturated rings. The maximum absolute atomic E-state index is 5.09. The summed E-state index contributed by atoms with van der Waals surface area (Å²) >= 11 is 0. The third kappa shape index (κ3) is 4.33. The molecule has 7 aromatic carbocycles. The third-order valence-corrected chi connectivity index (χ3v) is 9.92. The highest BCUT2D eigenvalue weighted by molar-refractivity contribution is 6.16. The topological polar surface area (TPSA) is 15.4 Å². The van der Waals surface area contributed by atoms with E-state index in [2.05, 4.69) is 182 Å². The van der Waals surface area contributed by atoms with E-state index in [0.717, 1.165) is 28.5 Å². The number of hydrogen-bond donors (Lipinski definition) is 0. The molecule has 0 saturated heterocycles. The molecule has 7 aromatic rings. The molecule has 2 nitrogen and oxygen atoms in total. The first-order valence-electron chi connectivity index (χ1n) is 16.3. The molecule has 1 aliphatic carbocycles. The van der Waals surface area contributed by atoms with E-state index in [1.54, 1.807) is 0 Å². The molecule has 9 rings (SSSR count). The summed E-state index contributed by atoms with van der Waals surface area (Å²) in [5, 5.41) is 2.56. The lowest BCUT2D eigenvalue weighted by Gasteiger charge is -2.23. The van der Waals surface area contributed by atoms with Crippen molar-refractivity contribution in [3.8, 4) is 33.4 Å². The van der Waals surface area contributed by atoms with E-state index < -0.39 is 0 Å². The van der Waals surface area contributed by atoms with Crippen LogP contribution < -0.4 is 0 Å². The number of fused-ring (bicyclic) bond motifs is 4. The van der Waals surface area contributed by atoms with Crippen molar-refractivity contribution < 1.29 is 4.58 Å². The van der Waals surface area contributed by atoms with Gasteiger partial charge in [-0.1, -0.05) is 140 Å². The minimum atomic E-state index is -0.0662. The van der Waals surface area contributed by atoms with E-state index in [9.17, 15) is 0 Å². The van der Waals surface area contributed by atoms with Crippen molar-refractivity contribution in [2.24, 2.45) is 4.99 Å². The van der Waals surface area contributed by atoms with Gasteiger partial charge in [-0.25, -0.2) is 0 Å². The average molecular weight is 602 g/mol. The number of amidine groups is 2. The number of benzene rings is 7. The lowest BCUT2D eigenvalue weighted by Crippen LogP contribution is -2.34. The second kappa shape index (κ2) is 10.6. The van der Waals surface area contributed by atoms with Crippen LogP contribution in [-0.4, -0.2) is 16.2 Å². The van der Waals surface area contributed by atoms with Crippen LogP contribution in [0.5, 0.6) is 0 Å². The van der Waals surface area contributed by atoms with Crippen molar-refractivity contribution in [2.45, 2.75) is 19.3 Å². The Bertz CT molecular complexity index is 2380. The first-order chi connectivity index (χ1) is 23.1. The molecule has 0 radical (unpaired) electrons. The first kappa shape index (κ1) is 27.5. The van der Waals surface area contributed by atoms with Gasteiger partial charge in [-0.2, -0.15) is 4.58 Å². The summed E-state index contributed by atoms with van der Waals surface area (Å²) in [6.07, 6.45) is 0. The Labute approximate surface area is 275 Å². The second-order valence-electron chi connectivity index (χ2n) is 13.0. The van der Waals surface area contributed by atoms with E-state index in [-0.39, 0.29) is 5.41 Å². The number of rotatable bonds is 5. The summed E-state index contributed by atoms with van der Waals surface area (Å²) in [6, 6.07) is 59.0. The monoisotopic (exact) mass is 601 g/mol. The van der Waals surface area contributed by atoms with E-state index in [4.69, 9.17) is 4.99 Å². The molecular formula is C45H33N2+. The van der Waals surface area contributed by atoms with Gasteiger partial charge in [-0.3, -0.25) is 0 Å². The molecule has 0 spiro atoms. The molecule has 0 atom stereocenters. The Kier molecular flexibility index (Phi) is 6.20. The maximum atomic E-state index is 5.09. The molecule has 2 heteroatoms. The predicted octanol–water partition coefficient (Wildman–Crippen LogP) is 11.0.